The van der Waals surface area contributed by atoms with Gasteiger partial charge in [-0.3, -0.25) is 10.2 Å². The van der Waals surface area contributed by atoms with Gasteiger partial charge in [0.2, 0.25) is 0 Å². The van der Waals surface area contributed by atoms with Crippen molar-refractivity contribution in [2.75, 3.05) is 0 Å². The number of hydrogen-bond donors (Lipinski definition) is 2. The van der Waals surface area contributed by atoms with Crippen LogP contribution in [0.2, 0.25) is 0 Å². The van der Waals surface area contributed by atoms with E-state index < -0.39 is 36.3 Å². The van der Waals surface area contributed by atoms with Crippen LogP contribution >= 0.6 is 11.3 Å². The molecule has 0 aliphatic carbocycles. The fraction of sp³-hybridized carbons (Fsp3) is 0.176. The minimum atomic E-state index is -5.27. The first kappa shape index (κ1) is 22.0. The van der Waals surface area contributed by atoms with Crippen LogP contribution < -0.4 is 10.5 Å². The van der Waals surface area contributed by atoms with Crippen molar-refractivity contribution < 1.29 is 41.4 Å². The lowest BCUT2D eigenvalue weighted by molar-refractivity contribution is -0.201. The number of ether oxygens (including phenoxy) is 2. The van der Waals surface area contributed by atoms with Gasteiger partial charge in [0.25, 0.3) is 0 Å². The molecule has 12 heteroatoms. The number of halogens is 4. The summed E-state index contributed by atoms with van der Waals surface area (Å²) >= 11 is 0.875. The van der Waals surface area contributed by atoms with E-state index in [4.69, 9.17) is 15.9 Å². The maximum absolute atomic E-state index is 13.9. The number of nitrogens with one attached hydrogen (secondary N) is 1. The predicted octanol–water partition coefficient (Wildman–Crippen LogP) is 2.96. The van der Waals surface area contributed by atoms with Gasteiger partial charge in [0.15, 0.2) is 11.6 Å². The molecule has 154 valence electrons. The number of benzene rings is 1. The Balaban J connectivity index is 1.94. The Morgan fingerprint density at radius 3 is 2.41 bits per heavy atom. The molecule has 2 aromatic rings. The second kappa shape index (κ2) is 8.82. The van der Waals surface area contributed by atoms with Crippen molar-refractivity contribution >= 4 is 35.1 Å². The van der Waals surface area contributed by atoms with Crippen molar-refractivity contribution in [3.8, 4) is 5.75 Å². The Kier molecular flexibility index (Phi) is 6.69. The van der Waals surface area contributed by atoms with Crippen LogP contribution in [0, 0.1) is 11.2 Å². The van der Waals surface area contributed by atoms with Crippen molar-refractivity contribution in [2.45, 2.75) is 19.0 Å². The number of carbonyl (C=O) groups excluding carboxylic acids is 3. The molecule has 3 N–H and O–H groups in total. The number of nitrogens with two attached hydrogens (primary N) is 1. The molecule has 1 aromatic carbocycles. The summed E-state index contributed by atoms with van der Waals surface area (Å²) in [6.07, 6.45) is -5.87. The number of alkyl halides is 3. The van der Waals surface area contributed by atoms with Crippen LogP contribution in [0.1, 0.15) is 26.5 Å². The largest absolute Gasteiger partial charge is 0.491 e. The van der Waals surface area contributed by atoms with Crippen LogP contribution in [0.15, 0.2) is 30.3 Å². The summed E-state index contributed by atoms with van der Waals surface area (Å²) in [7, 11) is 0. The molecular formula is C17H12F4N2O5S. The molecule has 0 radical (unpaired) electrons. The highest BCUT2D eigenvalue weighted by atomic mass is 32.1. The quantitative estimate of drug-likeness (QED) is 0.181. The number of amidine groups is 1. The summed E-state index contributed by atoms with van der Waals surface area (Å²) in [5.41, 5.74) is 5.34. The van der Waals surface area contributed by atoms with Gasteiger partial charge in [-0.05, 0) is 36.8 Å². The van der Waals surface area contributed by atoms with Gasteiger partial charge in [-0.2, -0.15) is 13.2 Å². The number of aryl methyl sites for hydroxylation is 1. The summed E-state index contributed by atoms with van der Waals surface area (Å²) in [5.74, 6) is -6.51. The summed E-state index contributed by atoms with van der Waals surface area (Å²) < 4.78 is 58.5. The fourth-order valence-electron chi connectivity index (χ4n) is 1.96. The Morgan fingerprint density at radius 1 is 1.14 bits per heavy atom. The minimum Gasteiger partial charge on any atom is -0.419 e. The number of esters is 3. The number of hydrogen-bond acceptors (Lipinski definition) is 7. The van der Waals surface area contributed by atoms with Crippen LogP contribution in [0.5, 0.6) is 5.75 Å². The third-order valence-electron chi connectivity index (χ3n) is 3.32. The zero-order chi connectivity index (χ0) is 21.8. The average molecular weight is 432 g/mol. The molecule has 2 rings (SSSR count). The second-order valence-electron chi connectivity index (χ2n) is 5.47. The maximum Gasteiger partial charge on any atom is 0.491 e. The van der Waals surface area contributed by atoms with Crippen LogP contribution in [0.25, 0.3) is 0 Å². The van der Waals surface area contributed by atoms with Crippen LogP contribution in [-0.4, -0.2) is 29.9 Å². The number of carbonyl (C=O) groups is 3. The van der Waals surface area contributed by atoms with Crippen molar-refractivity contribution in [1.82, 2.24) is 0 Å². The van der Waals surface area contributed by atoms with Crippen LogP contribution in [-0.2, 0) is 20.7 Å². The van der Waals surface area contributed by atoms with E-state index in [2.05, 4.69) is 4.74 Å². The zero-order valence-corrected chi connectivity index (χ0v) is 15.2. The van der Waals surface area contributed by atoms with E-state index in [0.29, 0.717) is 4.88 Å². The van der Waals surface area contributed by atoms with E-state index in [0.717, 1.165) is 23.5 Å². The molecule has 0 spiro atoms. The molecule has 0 fully saturated rings. The third-order valence-corrected chi connectivity index (χ3v) is 4.45. The first-order chi connectivity index (χ1) is 13.5. The highest BCUT2D eigenvalue weighted by Crippen LogP contribution is 2.23. The SMILES string of the molecule is N=C(N)c1ccc(OC(=O)c2ccc(CCC(=O)OC(=O)C(F)(F)F)s2)c(F)c1. The van der Waals surface area contributed by atoms with Crippen molar-refractivity contribution in [3.05, 3.63) is 51.5 Å². The van der Waals surface area contributed by atoms with Crippen LogP contribution in [0.4, 0.5) is 17.6 Å². The monoisotopic (exact) mass is 432 g/mol. The van der Waals surface area contributed by atoms with Crippen molar-refractivity contribution in [3.63, 3.8) is 0 Å². The molecule has 0 saturated carbocycles. The van der Waals surface area contributed by atoms with E-state index in [1.807, 2.05) is 0 Å². The lowest BCUT2D eigenvalue weighted by atomic mass is 10.2. The van der Waals surface area contributed by atoms with E-state index in [1.165, 1.54) is 18.2 Å². The molecule has 0 unspecified atom stereocenters. The van der Waals surface area contributed by atoms with Gasteiger partial charge >= 0.3 is 24.1 Å². The smallest absolute Gasteiger partial charge is 0.419 e. The van der Waals surface area contributed by atoms with Gasteiger partial charge in [-0.1, -0.05) is 0 Å². The lowest BCUT2D eigenvalue weighted by Gasteiger charge is -2.06. The zero-order valence-electron chi connectivity index (χ0n) is 14.3. The van der Waals surface area contributed by atoms with E-state index in [-0.39, 0.29) is 28.4 Å². The molecular weight excluding hydrogens is 420 g/mol. The molecule has 0 atom stereocenters. The molecule has 1 heterocycles. The molecule has 1 aromatic heterocycles. The van der Waals surface area contributed by atoms with Gasteiger partial charge in [0.1, 0.15) is 10.7 Å². The maximum atomic E-state index is 13.9. The van der Waals surface area contributed by atoms with Gasteiger partial charge in [0.05, 0.1) is 6.42 Å². The van der Waals surface area contributed by atoms with Crippen molar-refractivity contribution in [2.24, 2.45) is 5.73 Å². The lowest BCUT2D eigenvalue weighted by Crippen LogP contribution is -2.28. The molecule has 0 aliphatic heterocycles. The highest BCUT2D eigenvalue weighted by Gasteiger charge is 2.42. The van der Waals surface area contributed by atoms with Gasteiger partial charge in [0, 0.05) is 10.4 Å². The van der Waals surface area contributed by atoms with E-state index in [1.54, 1.807) is 0 Å². The molecule has 29 heavy (non-hydrogen) atoms. The third kappa shape index (κ3) is 6.10. The number of rotatable bonds is 6. The number of nitrogen functional groups attached to an aromatic ring is 1. The molecule has 0 amide bonds. The summed E-state index contributed by atoms with van der Waals surface area (Å²) in [5, 5.41) is 7.22. The Labute approximate surface area is 164 Å². The molecule has 0 bridgehead atoms. The first-order valence-corrected chi connectivity index (χ1v) is 8.55. The van der Waals surface area contributed by atoms with Gasteiger partial charge in [-0.15, -0.1) is 11.3 Å². The normalized spacial score (nSPS) is 11.0. The predicted molar refractivity (Wildman–Crippen MR) is 92.2 cm³/mol. The van der Waals surface area contributed by atoms with E-state index in [9.17, 15) is 31.9 Å². The van der Waals surface area contributed by atoms with Gasteiger partial charge in [-0.25, -0.2) is 14.0 Å². The molecule has 7 nitrogen and oxygen atoms in total. The Morgan fingerprint density at radius 2 is 1.83 bits per heavy atom. The summed E-state index contributed by atoms with van der Waals surface area (Å²) in [6, 6.07) is 6.11. The Bertz CT molecular complexity index is 971. The Hall–Kier alpha value is -3.28. The van der Waals surface area contributed by atoms with Crippen LogP contribution in [0.3, 0.4) is 0 Å². The first-order valence-electron chi connectivity index (χ1n) is 7.74. The van der Waals surface area contributed by atoms with E-state index >= 15 is 0 Å². The summed E-state index contributed by atoms with van der Waals surface area (Å²) in [4.78, 5) is 34.4. The standard InChI is InChI=1S/C17H12F4N2O5S/c18-10-7-8(14(22)23)1-4-11(10)27-15(25)12-5-2-9(29-12)3-6-13(24)28-16(26)17(19,20)21/h1-2,4-5,7H,3,6H2,(H3,22,23). The minimum absolute atomic E-state index is 0.0507. The highest BCUT2D eigenvalue weighted by molar-refractivity contribution is 7.13. The van der Waals surface area contributed by atoms with Gasteiger partial charge < -0.3 is 15.2 Å². The second-order valence-corrected chi connectivity index (χ2v) is 6.64. The fourth-order valence-corrected chi connectivity index (χ4v) is 2.84. The molecule has 0 aliphatic rings. The number of thiophene rings is 1. The topological polar surface area (TPSA) is 120 Å². The average Bonchev–Trinajstić information content (AvgIpc) is 3.09. The summed E-state index contributed by atoms with van der Waals surface area (Å²) in [6.45, 7) is 0. The molecule has 0 saturated heterocycles. The van der Waals surface area contributed by atoms with Crippen molar-refractivity contribution in [1.29, 1.82) is 5.41 Å².